The number of nitrogens with zero attached hydrogens (tertiary/aromatic N) is 4. The van der Waals surface area contributed by atoms with Crippen LogP contribution in [-0.4, -0.2) is 38.0 Å². The van der Waals surface area contributed by atoms with Crippen molar-refractivity contribution in [1.29, 1.82) is 0 Å². The van der Waals surface area contributed by atoms with E-state index in [9.17, 15) is 0 Å². The summed E-state index contributed by atoms with van der Waals surface area (Å²) in [7, 11) is 1.91. The number of anilines is 1. The molecule has 6 nitrogen and oxygen atoms in total. The van der Waals surface area contributed by atoms with Crippen molar-refractivity contribution >= 4 is 16.9 Å². The van der Waals surface area contributed by atoms with E-state index in [1.807, 2.05) is 20.2 Å². The van der Waals surface area contributed by atoms with Gasteiger partial charge in [-0.25, -0.2) is 9.97 Å². The molecule has 1 saturated heterocycles. The van der Waals surface area contributed by atoms with Gasteiger partial charge in [0, 0.05) is 7.05 Å². The molecular formula is C16H23N5O. The quantitative estimate of drug-likeness (QED) is 0.923. The van der Waals surface area contributed by atoms with Crippen LogP contribution in [0.3, 0.4) is 0 Å². The van der Waals surface area contributed by atoms with Crippen molar-refractivity contribution in [2.75, 3.05) is 11.9 Å². The molecule has 0 amide bonds. The molecule has 0 aromatic carbocycles. The first-order chi connectivity index (χ1) is 10.7. The van der Waals surface area contributed by atoms with Crippen molar-refractivity contribution in [2.45, 2.75) is 57.1 Å². The average Bonchev–Trinajstić information content (AvgIpc) is 3.05. The maximum atomic E-state index is 6.19. The summed E-state index contributed by atoms with van der Waals surface area (Å²) in [5, 5.41) is 8.86. The number of rotatable bonds is 2. The van der Waals surface area contributed by atoms with E-state index in [0.29, 0.717) is 6.04 Å². The first-order valence-electron chi connectivity index (χ1n) is 8.22. The van der Waals surface area contributed by atoms with Crippen molar-refractivity contribution in [3.05, 3.63) is 12.0 Å². The fraction of sp³-hybridized carbons (Fsp3) is 0.688. The molecule has 0 bridgehead atoms. The van der Waals surface area contributed by atoms with Crippen molar-refractivity contribution < 1.29 is 4.74 Å². The highest BCUT2D eigenvalue weighted by molar-refractivity contribution is 5.86. The Morgan fingerprint density at radius 2 is 2.09 bits per heavy atom. The van der Waals surface area contributed by atoms with E-state index >= 15 is 0 Å². The molecule has 3 heterocycles. The van der Waals surface area contributed by atoms with Crippen molar-refractivity contribution in [1.82, 2.24) is 19.7 Å². The largest absolute Gasteiger partial charge is 0.373 e. The molecule has 2 aromatic rings. The van der Waals surface area contributed by atoms with Gasteiger partial charge >= 0.3 is 0 Å². The van der Waals surface area contributed by atoms with E-state index in [0.717, 1.165) is 35.7 Å². The van der Waals surface area contributed by atoms with Gasteiger partial charge in [0.2, 0.25) is 0 Å². The molecule has 1 saturated carbocycles. The lowest BCUT2D eigenvalue weighted by atomic mass is 9.82. The van der Waals surface area contributed by atoms with Crippen LogP contribution in [0.15, 0.2) is 6.20 Å². The standard InChI is InChI=1S/C16H23N5O/c1-11-18-14(13-9-17-21(2)15(13)19-11)20-12-8-16(22-10-12)6-4-3-5-7-16/h9,12H,3-8,10H2,1-2H3,(H,18,19,20)/t12-/m1/s1. The zero-order valence-electron chi connectivity index (χ0n) is 13.3. The van der Waals surface area contributed by atoms with Gasteiger partial charge in [-0.15, -0.1) is 0 Å². The fourth-order valence-corrected chi connectivity index (χ4v) is 3.92. The van der Waals surface area contributed by atoms with Gasteiger partial charge in [-0.05, 0) is 26.2 Å². The lowest BCUT2D eigenvalue weighted by Gasteiger charge is -2.32. The predicted octanol–water partition coefficient (Wildman–Crippen LogP) is 2.58. The molecule has 0 unspecified atom stereocenters. The first-order valence-corrected chi connectivity index (χ1v) is 8.22. The van der Waals surface area contributed by atoms with E-state index < -0.39 is 0 Å². The molecule has 118 valence electrons. The molecule has 22 heavy (non-hydrogen) atoms. The third-order valence-corrected chi connectivity index (χ3v) is 5.02. The minimum atomic E-state index is 0.117. The summed E-state index contributed by atoms with van der Waals surface area (Å²) in [5.74, 6) is 1.65. The second-order valence-corrected chi connectivity index (χ2v) is 6.72. The number of aryl methyl sites for hydroxylation is 2. The Balaban J connectivity index is 1.57. The zero-order chi connectivity index (χ0) is 15.2. The molecule has 6 heteroatoms. The molecule has 2 fully saturated rings. The molecule has 2 aliphatic rings. The highest BCUT2D eigenvalue weighted by atomic mass is 16.5. The Kier molecular flexibility index (Phi) is 3.29. The van der Waals surface area contributed by atoms with Crippen LogP contribution >= 0.6 is 0 Å². The third-order valence-electron chi connectivity index (χ3n) is 5.02. The lowest BCUT2D eigenvalue weighted by Crippen LogP contribution is -2.31. The number of hydrogen-bond donors (Lipinski definition) is 1. The van der Waals surface area contributed by atoms with E-state index in [1.165, 1.54) is 32.1 Å². The number of nitrogens with one attached hydrogen (secondary N) is 1. The highest BCUT2D eigenvalue weighted by Gasteiger charge is 2.41. The third kappa shape index (κ3) is 2.35. The normalized spacial score (nSPS) is 24.2. The van der Waals surface area contributed by atoms with Gasteiger partial charge in [0.15, 0.2) is 5.65 Å². The van der Waals surface area contributed by atoms with Crippen LogP contribution in [-0.2, 0) is 11.8 Å². The minimum Gasteiger partial charge on any atom is -0.373 e. The summed E-state index contributed by atoms with van der Waals surface area (Å²) in [5.41, 5.74) is 0.993. The van der Waals surface area contributed by atoms with Gasteiger partial charge in [0.25, 0.3) is 0 Å². The monoisotopic (exact) mass is 301 g/mol. The fourth-order valence-electron chi connectivity index (χ4n) is 3.92. The molecule has 0 radical (unpaired) electrons. The van der Waals surface area contributed by atoms with Crippen LogP contribution in [0.1, 0.15) is 44.3 Å². The zero-order valence-corrected chi connectivity index (χ0v) is 13.3. The van der Waals surface area contributed by atoms with Gasteiger partial charge in [-0.2, -0.15) is 5.10 Å². The molecule has 4 rings (SSSR count). The van der Waals surface area contributed by atoms with Gasteiger partial charge in [0.05, 0.1) is 29.8 Å². The summed E-state index contributed by atoms with van der Waals surface area (Å²) in [6.07, 6.45) is 9.27. The predicted molar refractivity (Wildman–Crippen MR) is 84.8 cm³/mol. The number of fused-ring (bicyclic) bond motifs is 1. The van der Waals surface area contributed by atoms with Gasteiger partial charge in [-0.1, -0.05) is 19.3 Å². The molecule has 2 aromatic heterocycles. The van der Waals surface area contributed by atoms with Gasteiger partial charge < -0.3 is 10.1 Å². The van der Waals surface area contributed by atoms with Crippen LogP contribution in [0.2, 0.25) is 0 Å². The van der Waals surface area contributed by atoms with Gasteiger partial charge in [-0.3, -0.25) is 4.68 Å². The van der Waals surface area contributed by atoms with Crippen LogP contribution in [0, 0.1) is 6.92 Å². The highest BCUT2D eigenvalue weighted by Crippen LogP contribution is 2.40. The van der Waals surface area contributed by atoms with Crippen LogP contribution < -0.4 is 5.32 Å². The summed E-state index contributed by atoms with van der Waals surface area (Å²) in [6.45, 7) is 2.69. The Bertz CT molecular complexity index is 689. The van der Waals surface area contributed by atoms with Crippen molar-refractivity contribution in [2.24, 2.45) is 7.05 Å². The van der Waals surface area contributed by atoms with Crippen LogP contribution in [0.25, 0.3) is 11.0 Å². The Hall–Kier alpha value is -1.69. The summed E-state index contributed by atoms with van der Waals surface area (Å²) in [4.78, 5) is 9.05. The van der Waals surface area contributed by atoms with E-state index in [1.54, 1.807) is 4.68 Å². The Morgan fingerprint density at radius 3 is 2.91 bits per heavy atom. The molecular weight excluding hydrogens is 278 g/mol. The molecule has 1 N–H and O–H groups in total. The summed E-state index contributed by atoms with van der Waals surface area (Å²) < 4.78 is 7.98. The minimum absolute atomic E-state index is 0.117. The second kappa shape index (κ2) is 5.19. The number of hydrogen-bond acceptors (Lipinski definition) is 5. The maximum Gasteiger partial charge on any atom is 0.163 e. The number of ether oxygens (including phenoxy) is 1. The van der Waals surface area contributed by atoms with Crippen LogP contribution in [0.4, 0.5) is 5.82 Å². The van der Waals surface area contributed by atoms with E-state index in [2.05, 4.69) is 20.4 Å². The Labute approximate surface area is 130 Å². The summed E-state index contributed by atoms with van der Waals surface area (Å²) in [6, 6.07) is 0.329. The SMILES string of the molecule is Cc1nc(N[C@H]2COC3(CCCCC3)C2)c2cnn(C)c2n1. The van der Waals surface area contributed by atoms with Crippen molar-refractivity contribution in [3.63, 3.8) is 0 Å². The molecule has 1 aliphatic heterocycles. The van der Waals surface area contributed by atoms with Gasteiger partial charge in [0.1, 0.15) is 11.6 Å². The smallest absolute Gasteiger partial charge is 0.163 e. The van der Waals surface area contributed by atoms with E-state index in [4.69, 9.17) is 4.74 Å². The molecule has 1 aliphatic carbocycles. The topological polar surface area (TPSA) is 64.9 Å². The molecule has 1 spiro atoms. The van der Waals surface area contributed by atoms with E-state index in [-0.39, 0.29) is 5.60 Å². The Morgan fingerprint density at radius 1 is 1.27 bits per heavy atom. The number of aromatic nitrogens is 4. The average molecular weight is 301 g/mol. The van der Waals surface area contributed by atoms with Crippen LogP contribution in [0.5, 0.6) is 0 Å². The first kappa shape index (κ1) is 13.9. The maximum absolute atomic E-state index is 6.19. The lowest BCUT2D eigenvalue weighted by molar-refractivity contribution is -0.0244. The second-order valence-electron chi connectivity index (χ2n) is 6.72. The summed E-state index contributed by atoms with van der Waals surface area (Å²) >= 11 is 0. The van der Waals surface area contributed by atoms with Crippen molar-refractivity contribution in [3.8, 4) is 0 Å². The molecule has 1 atom stereocenters.